The molecule has 0 spiro atoms. The third-order valence-corrected chi connectivity index (χ3v) is 8.52. The molecule has 0 amide bonds. The number of thiazole rings is 1. The van der Waals surface area contributed by atoms with Crippen LogP contribution in [-0.2, 0) is 16.1 Å². The maximum atomic E-state index is 14.1. The molecule has 9 heteroatoms. The fraction of sp³-hybridized carbons (Fsp3) is 0.176. The van der Waals surface area contributed by atoms with E-state index >= 15 is 0 Å². The Kier molecular flexibility index (Phi) is 7.53. The van der Waals surface area contributed by atoms with Crippen molar-refractivity contribution in [2.75, 3.05) is 13.7 Å². The molecule has 3 heterocycles. The van der Waals surface area contributed by atoms with Crippen LogP contribution in [0.2, 0.25) is 0 Å². The molecule has 1 aliphatic heterocycles. The second kappa shape index (κ2) is 11.6. The lowest BCUT2D eigenvalue weighted by Crippen LogP contribution is -2.39. The molecular weight excluding hydrogens is 560 g/mol. The van der Waals surface area contributed by atoms with Crippen LogP contribution < -0.4 is 19.6 Å². The van der Waals surface area contributed by atoms with Crippen LogP contribution in [0.15, 0.2) is 100 Å². The molecule has 1 aliphatic rings. The number of allylic oxidation sites excluding steroid dienone is 1. The Morgan fingerprint density at radius 1 is 1.09 bits per heavy atom. The predicted molar refractivity (Wildman–Crippen MR) is 166 cm³/mol. The fourth-order valence-corrected chi connectivity index (χ4v) is 6.54. The Morgan fingerprint density at radius 3 is 2.58 bits per heavy atom. The topological polar surface area (TPSA) is 98.6 Å². The number of nitriles is 1. The lowest BCUT2D eigenvalue weighted by atomic mass is 9.96. The zero-order valence-electron chi connectivity index (χ0n) is 23.9. The van der Waals surface area contributed by atoms with Crippen molar-refractivity contribution in [1.29, 1.82) is 5.26 Å². The quantitative estimate of drug-likeness (QED) is 0.257. The lowest BCUT2D eigenvalue weighted by Gasteiger charge is -2.24. The van der Waals surface area contributed by atoms with Crippen molar-refractivity contribution in [2.24, 2.45) is 4.99 Å². The molecular formula is C34H28N4O4S. The van der Waals surface area contributed by atoms with Gasteiger partial charge in [-0.1, -0.05) is 59.9 Å². The molecule has 0 bridgehead atoms. The smallest absolute Gasteiger partial charge is 0.338 e. The minimum Gasteiger partial charge on any atom is -0.497 e. The number of para-hydroxylation sites is 1. The molecule has 0 N–H and O–H groups in total. The van der Waals surface area contributed by atoms with Gasteiger partial charge < -0.3 is 14.0 Å². The first kappa shape index (κ1) is 27.9. The van der Waals surface area contributed by atoms with E-state index < -0.39 is 12.0 Å². The first-order valence-electron chi connectivity index (χ1n) is 13.8. The molecule has 3 aromatic carbocycles. The predicted octanol–water partition coefficient (Wildman–Crippen LogP) is 4.68. The lowest BCUT2D eigenvalue weighted by molar-refractivity contribution is -0.139. The number of aromatic nitrogens is 2. The molecule has 1 atom stereocenters. The summed E-state index contributed by atoms with van der Waals surface area (Å²) in [7, 11) is 1.59. The van der Waals surface area contributed by atoms with Crippen LogP contribution in [0.4, 0.5) is 0 Å². The van der Waals surface area contributed by atoms with Gasteiger partial charge >= 0.3 is 5.97 Å². The number of ether oxygens (including phenoxy) is 2. The van der Waals surface area contributed by atoms with Gasteiger partial charge in [-0.15, -0.1) is 0 Å². The molecule has 0 saturated carbocycles. The standard InChI is InChI=1S/C34H28N4O4S/c1-4-42-33(40)30-21(2)36-34-38(31(30)22-13-15-26(41-3)16-14-22)32(39)29(43-34)17-25-20-37(28-12-8-7-11-27(25)28)19-24-10-6-5-9-23(24)18-35/h5-17,20,31H,4,19H2,1-3H3/b29-17+/t31-/m1/s1. The summed E-state index contributed by atoms with van der Waals surface area (Å²) in [5.41, 5.74) is 4.76. The highest BCUT2D eigenvalue weighted by molar-refractivity contribution is 7.07. The van der Waals surface area contributed by atoms with Gasteiger partial charge in [0.25, 0.3) is 5.56 Å². The summed E-state index contributed by atoms with van der Waals surface area (Å²) in [6, 6.07) is 24.4. The van der Waals surface area contributed by atoms with E-state index in [-0.39, 0.29) is 12.2 Å². The van der Waals surface area contributed by atoms with E-state index in [2.05, 4.69) is 15.6 Å². The average molecular weight is 589 g/mol. The molecule has 214 valence electrons. The van der Waals surface area contributed by atoms with Gasteiger partial charge in [0.2, 0.25) is 0 Å². The van der Waals surface area contributed by atoms with Gasteiger partial charge in [0.15, 0.2) is 4.80 Å². The van der Waals surface area contributed by atoms with E-state index in [0.717, 1.165) is 27.6 Å². The first-order valence-corrected chi connectivity index (χ1v) is 14.6. The number of hydrogen-bond donors (Lipinski definition) is 0. The number of carbonyl (C=O) groups is 1. The maximum absolute atomic E-state index is 14.1. The zero-order valence-corrected chi connectivity index (χ0v) is 24.7. The Labute approximate surface area is 251 Å². The summed E-state index contributed by atoms with van der Waals surface area (Å²) in [5, 5.41) is 10.6. The van der Waals surface area contributed by atoms with Crippen molar-refractivity contribution < 1.29 is 14.3 Å². The largest absolute Gasteiger partial charge is 0.497 e. The van der Waals surface area contributed by atoms with Gasteiger partial charge in [-0.3, -0.25) is 9.36 Å². The fourth-order valence-electron chi connectivity index (χ4n) is 5.51. The maximum Gasteiger partial charge on any atom is 0.338 e. The number of benzene rings is 3. The number of nitrogens with zero attached hydrogens (tertiary/aromatic N) is 4. The van der Waals surface area contributed by atoms with Gasteiger partial charge in [0, 0.05) is 29.2 Å². The van der Waals surface area contributed by atoms with E-state index in [9.17, 15) is 14.9 Å². The van der Waals surface area contributed by atoms with E-state index in [4.69, 9.17) is 9.47 Å². The van der Waals surface area contributed by atoms with Gasteiger partial charge in [0.1, 0.15) is 5.75 Å². The minimum absolute atomic E-state index is 0.207. The highest BCUT2D eigenvalue weighted by Crippen LogP contribution is 2.32. The van der Waals surface area contributed by atoms with Crippen LogP contribution in [0.25, 0.3) is 17.0 Å². The summed E-state index contributed by atoms with van der Waals surface area (Å²) in [5.74, 6) is 0.169. The van der Waals surface area contributed by atoms with Crippen LogP contribution >= 0.6 is 11.3 Å². The average Bonchev–Trinajstić information content (AvgIpc) is 3.53. The van der Waals surface area contributed by atoms with Crippen molar-refractivity contribution >= 4 is 34.3 Å². The van der Waals surface area contributed by atoms with Crippen LogP contribution in [0.5, 0.6) is 5.75 Å². The van der Waals surface area contributed by atoms with E-state index in [1.165, 1.54) is 11.3 Å². The Bertz CT molecular complexity index is 2130. The zero-order chi connectivity index (χ0) is 30.1. The Morgan fingerprint density at radius 2 is 1.84 bits per heavy atom. The van der Waals surface area contributed by atoms with Crippen molar-refractivity contribution in [2.45, 2.75) is 26.4 Å². The molecule has 0 aliphatic carbocycles. The normalized spacial score (nSPS) is 14.7. The van der Waals surface area contributed by atoms with Crippen LogP contribution in [-0.4, -0.2) is 28.8 Å². The second-order valence-corrected chi connectivity index (χ2v) is 11.1. The number of hydrogen-bond acceptors (Lipinski definition) is 7. The highest BCUT2D eigenvalue weighted by atomic mass is 32.1. The molecule has 0 saturated heterocycles. The molecule has 0 unspecified atom stereocenters. The Balaban J connectivity index is 1.51. The molecule has 2 aromatic heterocycles. The van der Waals surface area contributed by atoms with Crippen LogP contribution in [0.3, 0.4) is 0 Å². The number of esters is 1. The van der Waals surface area contributed by atoms with Gasteiger partial charge in [-0.05, 0) is 55.3 Å². The molecule has 43 heavy (non-hydrogen) atoms. The minimum atomic E-state index is -0.702. The number of carbonyl (C=O) groups excluding carboxylic acids is 1. The molecule has 5 aromatic rings. The van der Waals surface area contributed by atoms with E-state index in [0.29, 0.717) is 38.5 Å². The first-order chi connectivity index (χ1) is 20.9. The second-order valence-electron chi connectivity index (χ2n) is 10.1. The summed E-state index contributed by atoms with van der Waals surface area (Å²) in [4.78, 5) is 32.5. The van der Waals surface area contributed by atoms with Crippen molar-refractivity contribution in [3.63, 3.8) is 0 Å². The van der Waals surface area contributed by atoms with Crippen molar-refractivity contribution in [3.05, 3.63) is 132 Å². The third-order valence-electron chi connectivity index (χ3n) is 7.53. The summed E-state index contributed by atoms with van der Waals surface area (Å²) < 4.78 is 14.9. The number of rotatable bonds is 7. The molecule has 6 rings (SSSR count). The van der Waals surface area contributed by atoms with Gasteiger partial charge in [-0.2, -0.15) is 5.26 Å². The SMILES string of the molecule is CCOC(=O)C1=C(C)N=c2s/c(=C/c3cn(Cc4ccccc4C#N)c4ccccc34)c(=O)n2[C@@H]1c1ccc(OC)cc1. The summed E-state index contributed by atoms with van der Waals surface area (Å²) >= 11 is 1.29. The van der Waals surface area contributed by atoms with Gasteiger partial charge in [0.05, 0.1) is 47.2 Å². The highest BCUT2D eigenvalue weighted by Gasteiger charge is 2.33. The monoisotopic (exact) mass is 588 g/mol. The van der Waals surface area contributed by atoms with Crippen LogP contribution in [0.1, 0.15) is 42.1 Å². The Hall–Kier alpha value is -5.20. The van der Waals surface area contributed by atoms with Gasteiger partial charge in [-0.25, -0.2) is 9.79 Å². The summed E-state index contributed by atoms with van der Waals surface area (Å²) in [6.45, 7) is 4.24. The molecule has 0 radical (unpaired) electrons. The van der Waals surface area contributed by atoms with Crippen LogP contribution in [0, 0.1) is 11.3 Å². The molecule has 8 nitrogen and oxygen atoms in total. The third kappa shape index (κ3) is 5.07. The van der Waals surface area contributed by atoms with Crippen molar-refractivity contribution in [3.8, 4) is 11.8 Å². The number of methoxy groups -OCH3 is 1. The van der Waals surface area contributed by atoms with E-state index in [1.54, 1.807) is 25.5 Å². The van der Waals surface area contributed by atoms with E-state index in [1.807, 2.05) is 85.1 Å². The number of fused-ring (bicyclic) bond motifs is 2. The molecule has 0 fully saturated rings. The van der Waals surface area contributed by atoms with Crippen molar-refractivity contribution in [1.82, 2.24) is 9.13 Å². The summed E-state index contributed by atoms with van der Waals surface area (Å²) in [6.07, 6.45) is 3.89.